The summed E-state index contributed by atoms with van der Waals surface area (Å²) in [6, 6.07) is 7.93. The third-order valence-corrected chi connectivity index (χ3v) is 7.42. The minimum absolute atomic E-state index is 0.0143. The lowest BCUT2D eigenvalue weighted by Gasteiger charge is -2.38. The Kier molecular flexibility index (Phi) is 8.21. The van der Waals surface area contributed by atoms with Gasteiger partial charge in [0.05, 0.1) is 5.69 Å². The number of hydrogen-bond donors (Lipinski definition) is 2. The average molecular weight is 532 g/mol. The topological polar surface area (TPSA) is 113 Å². The van der Waals surface area contributed by atoms with Gasteiger partial charge in [0.25, 0.3) is 0 Å². The zero-order chi connectivity index (χ0) is 27.4. The smallest absolute Gasteiger partial charge is 0.245 e. The molecule has 1 atom stereocenters. The van der Waals surface area contributed by atoms with Crippen LogP contribution in [0.25, 0.3) is 22.0 Å². The largest absolute Gasteiger partial charge is 0.381 e. The highest BCUT2D eigenvalue weighted by Gasteiger charge is 2.31. The normalized spacial score (nSPS) is 17.3. The molecule has 10 heteroatoms. The summed E-state index contributed by atoms with van der Waals surface area (Å²) in [5.74, 6) is 1.51. The van der Waals surface area contributed by atoms with Gasteiger partial charge in [-0.25, -0.2) is 9.97 Å². The van der Waals surface area contributed by atoms with Gasteiger partial charge in [-0.2, -0.15) is 0 Å². The van der Waals surface area contributed by atoms with Crippen molar-refractivity contribution in [3.05, 3.63) is 42.9 Å². The van der Waals surface area contributed by atoms with Crippen LogP contribution >= 0.6 is 0 Å². The number of aromatic nitrogens is 3. The van der Waals surface area contributed by atoms with Crippen LogP contribution in [0.2, 0.25) is 0 Å². The number of nitrogens with zero attached hydrogens (tertiary/aromatic N) is 5. The van der Waals surface area contributed by atoms with Gasteiger partial charge in [0.1, 0.15) is 17.7 Å². The van der Waals surface area contributed by atoms with Crippen molar-refractivity contribution in [2.75, 3.05) is 49.6 Å². The quantitative estimate of drug-likeness (QED) is 0.478. The number of carbonyl (C=O) groups is 2. The molecule has 3 aromatic rings. The fourth-order valence-electron chi connectivity index (χ4n) is 5.26. The van der Waals surface area contributed by atoms with Gasteiger partial charge in [-0.15, -0.1) is 0 Å². The Balaban J connectivity index is 1.37. The molecule has 10 nitrogen and oxygen atoms in total. The van der Waals surface area contributed by atoms with E-state index < -0.39 is 6.04 Å². The number of amides is 2. The van der Waals surface area contributed by atoms with E-state index in [1.165, 1.54) is 6.92 Å². The average Bonchev–Trinajstić information content (AvgIpc) is 2.95. The molecule has 0 bridgehead atoms. The predicted octanol–water partition coefficient (Wildman–Crippen LogP) is 3.09. The van der Waals surface area contributed by atoms with Gasteiger partial charge in [0.2, 0.25) is 11.8 Å². The third kappa shape index (κ3) is 6.27. The van der Waals surface area contributed by atoms with Crippen molar-refractivity contribution in [1.82, 2.24) is 25.2 Å². The summed E-state index contributed by atoms with van der Waals surface area (Å²) >= 11 is 0. The fourth-order valence-corrected chi connectivity index (χ4v) is 5.26. The first kappa shape index (κ1) is 26.8. The van der Waals surface area contributed by atoms with E-state index in [9.17, 15) is 9.59 Å². The molecular weight excluding hydrogens is 494 g/mol. The number of carbonyl (C=O) groups excluding carboxylic acids is 2. The standard InChI is InChI=1S/C29H37N7O3/c1-19(2)27(32-20(3)37)29(38)36-12-10-35(11-13-36)28-24-5-8-30-18-22(24)16-25(34-28)21-4-9-31-26(17-21)33-23-6-14-39-15-7-23/h4-5,8-9,16-19,23,27H,6-7,10-15H2,1-3H3,(H,31,33)(H,32,37)/t27-/m0/s1. The molecule has 2 aliphatic rings. The molecule has 5 heterocycles. The summed E-state index contributed by atoms with van der Waals surface area (Å²) in [5.41, 5.74) is 1.84. The Morgan fingerprint density at radius 2 is 1.82 bits per heavy atom. The highest BCUT2D eigenvalue weighted by atomic mass is 16.5. The van der Waals surface area contributed by atoms with Crippen LogP contribution in [-0.2, 0) is 14.3 Å². The first-order chi connectivity index (χ1) is 18.9. The molecule has 0 radical (unpaired) electrons. The molecule has 0 aliphatic carbocycles. The van der Waals surface area contributed by atoms with Crippen LogP contribution in [0.15, 0.2) is 42.9 Å². The molecule has 2 saturated heterocycles. The van der Waals surface area contributed by atoms with Crippen molar-refractivity contribution >= 4 is 34.2 Å². The number of fused-ring (bicyclic) bond motifs is 1. The number of nitrogens with one attached hydrogen (secondary N) is 2. The van der Waals surface area contributed by atoms with Crippen molar-refractivity contribution < 1.29 is 14.3 Å². The van der Waals surface area contributed by atoms with Crippen LogP contribution in [-0.4, -0.2) is 83.1 Å². The van der Waals surface area contributed by atoms with Gasteiger partial charge in [0, 0.05) is 87.3 Å². The molecule has 0 saturated carbocycles. The van der Waals surface area contributed by atoms with Crippen LogP contribution in [0.3, 0.4) is 0 Å². The summed E-state index contributed by atoms with van der Waals surface area (Å²) in [5, 5.41) is 8.41. The molecule has 2 aliphatic heterocycles. The zero-order valence-electron chi connectivity index (χ0n) is 22.9. The highest BCUT2D eigenvalue weighted by molar-refractivity contribution is 5.94. The van der Waals surface area contributed by atoms with E-state index in [4.69, 9.17) is 9.72 Å². The van der Waals surface area contributed by atoms with Crippen LogP contribution < -0.4 is 15.5 Å². The van der Waals surface area contributed by atoms with Crippen molar-refractivity contribution in [1.29, 1.82) is 0 Å². The summed E-state index contributed by atoms with van der Waals surface area (Å²) in [7, 11) is 0. The maximum Gasteiger partial charge on any atom is 0.245 e. The molecule has 2 fully saturated rings. The summed E-state index contributed by atoms with van der Waals surface area (Å²) in [6.07, 6.45) is 7.40. The zero-order valence-corrected chi connectivity index (χ0v) is 22.9. The molecule has 206 valence electrons. The SMILES string of the molecule is CC(=O)N[C@H](C(=O)N1CCN(c2nc(-c3ccnc(NC4CCOCC4)c3)cc3cnccc23)CC1)C(C)C. The van der Waals surface area contributed by atoms with Crippen molar-refractivity contribution in [3.63, 3.8) is 0 Å². The van der Waals surface area contributed by atoms with E-state index in [1.54, 1.807) is 6.20 Å². The van der Waals surface area contributed by atoms with E-state index in [0.29, 0.717) is 32.2 Å². The number of piperazine rings is 1. The number of anilines is 2. The van der Waals surface area contributed by atoms with Crippen LogP contribution in [0, 0.1) is 5.92 Å². The monoisotopic (exact) mass is 531 g/mol. The lowest BCUT2D eigenvalue weighted by Crippen LogP contribution is -2.56. The second kappa shape index (κ2) is 11.9. The van der Waals surface area contributed by atoms with Gasteiger partial charge in [-0.1, -0.05) is 13.8 Å². The molecule has 3 aromatic heterocycles. The van der Waals surface area contributed by atoms with Crippen molar-refractivity contribution in [2.45, 2.75) is 45.7 Å². The van der Waals surface area contributed by atoms with E-state index in [0.717, 1.165) is 59.7 Å². The minimum Gasteiger partial charge on any atom is -0.381 e. The lowest BCUT2D eigenvalue weighted by atomic mass is 10.0. The molecule has 2 N–H and O–H groups in total. The van der Waals surface area contributed by atoms with Gasteiger partial charge < -0.3 is 25.2 Å². The Hall–Kier alpha value is -3.79. The fraction of sp³-hybridized carbons (Fsp3) is 0.483. The highest BCUT2D eigenvalue weighted by Crippen LogP contribution is 2.31. The molecule has 0 aromatic carbocycles. The Labute approximate surface area is 229 Å². The summed E-state index contributed by atoms with van der Waals surface area (Å²) in [4.78, 5) is 42.9. The molecule has 2 amide bonds. The number of rotatable bonds is 7. The van der Waals surface area contributed by atoms with Crippen LogP contribution in [0.1, 0.15) is 33.6 Å². The molecule has 39 heavy (non-hydrogen) atoms. The predicted molar refractivity (Wildman–Crippen MR) is 151 cm³/mol. The minimum atomic E-state index is -0.516. The summed E-state index contributed by atoms with van der Waals surface area (Å²) in [6.45, 7) is 9.32. The van der Waals surface area contributed by atoms with Gasteiger partial charge in [-0.05, 0) is 43.0 Å². The van der Waals surface area contributed by atoms with Gasteiger partial charge >= 0.3 is 0 Å². The molecule has 0 spiro atoms. The van der Waals surface area contributed by atoms with E-state index in [1.807, 2.05) is 43.3 Å². The molecular formula is C29H37N7O3. The third-order valence-electron chi connectivity index (χ3n) is 7.42. The van der Waals surface area contributed by atoms with Crippen LogP contribution in [0.5, 0.6) is 0 Å². The Morgan fingerprint density at radius 3 is 2.54 bits per heavy atom. The maximum absolute atomic E-state index is 13.2. The number of hydrogen-bond acceptors (Lipinski definition) is 8. The number of ether oxygens (including phenoxy) is 1. The molecule has 0 unspecified atom stereocenters. The maximum atomic E-state index is 13.2. The summed E-state index contributed by atoms with van der Waals surface area (Å²) < 4.78 is 5.48. The number of pyridine rings is 3. The van der Waals surface area contributed by atoms with E-state index >= 15 is 0 Å². The van der Waals surface area contributed by atoms with Gasteiger partial charge in [-0.3, -0.25) is 14.6 Å². The second-order valence-electron chi connectivity index (χ2n) is 10.6. The van der Waals surface area contributed by atoms with Crippen molar-refractivity contribution in [2.24, 2.45) is 5.92 Å². The van der Waals surface area contributed by atoms with Gasteiger partial charge in [0.15, 0.2) is 0 Å². The van der Waals surface area contributed by atoms with E-state index in [-0.39, 0.29) is 17.7 Å². The van der Waals surface area contributed by atoms with E-state index in [2.05, 4.69) is 37.6 Å². The second-order valence-corrected chi connectivity index (χ2v) is 10.6. The molecule has 5 rings (SSSR count). The Bertz CT molecular complexity index is 1320. The first-order valence-electron chi connectivity index (χ1n) is 13.8. The van der Waals surface area contributed by atoms with Crippen molar-refractivity contribution in [3.8, 4) is 11.3 Å². The Morgan fingerprint density at radius 1 is 1.05 bits per heavy atom. The lowest BCUT2D eigenvalue weighted by molar-refractivity contribution is -0.137. The van der Waals surface area contributed by atoms with Crippen LogP contribution in [0.4, 0.5) is 11.6 Å². The first-order valence-corrected chi connectivity index (χ1v) is 13.8.